The summed E-state index contributed by atoms with van der Waals surface area (Å²) in [7, 11) is -3.90. The zero-order chi connectivity index (χ0) is 15.5. The van der Waals surface area contributed by atoms with Crippen LogP contribution in [-0.4, -0.2) is 25.9 Å². The van der Waals surface area contributed by atoms with Gasteiger partial charge in [0.2, 0.25) is 0 Å². The Bertz CT molecular complexity index is 731. The highest BCUT2D eigenvalue weighted by Gasteiger charge is 2.16. The third-order valence-corrected chi connectivity index (χ3v) is 4.10. The van der Waals surface area contributed by atoms with Gasteiger partial charge in [-0.05, 0) is 43.3 Å². The van der Waals surface area contributed by atoms with Gasteiger partial charge in [-0.3, -0.25) is 4.79 Å². The Labute approximate surface area is 122 Å². The molecular weight excluding hydrogens is 292 g/mol. The Morgan fingerprint density at radius 1 is 1.05 bits per heavy atom. The standard InChI is InChI=1S/C15H14O5S/c1-11-2-8-14(9-3-11)21(18,19)20-13-6-4-12(5-7-13)15(17)10-16/h2-9,16H,10H2,1H3. The molecule has 0 aliphatic rings. The summed E-state index contributed by atoms with van der Waals surface area (Å²) in [4.78, 5) is 11.3. The molecule has 2 aromatic carbocycles. The fourth-order valence-corrected chi connectivity index (χ4v) is 2.60. The summed E-state index contributed by atoms with van der Waals surface area (Å²) in [6.45, 7) is 1.26. The molecule has 0 aromatic heterocycles. The number of hydrogen-bond donors (Lipinski definition) is 1. The van der Waals surface area contributed by atoms with Gasteiger partial charge in [0.05, 0.1) is 0 Å². The molecule has 5 nitrogen and oxygen atoms in total. The maximum atomic E-state index is 12.1. The van der Waals surface area contributed by atoms with Crippen molar-refractivity contribution in [2.45, 2.75) is 11.8 Å². The lowest BCUT2D eigenvalue weighted by molar-refractivity contribution is 0.0903. The van der Waals surface area contributed by atoms with Crippen molar-refractivity contribution >= 4 is 15.9 Å². The van der Waals surface area contributed by atoms with Crippen LogP contribution in [-0.2, 0) is 10.1 Å². The summed E-state index contributed by atoms with van der Waals surface area (Å²) in [5.41, 5.74) is 1.23. The van der Waals surface area contributed by atoms with Gasteiger partial charge in [0, 0.05) is 5.56 Å². The molecule has 0 unspecified atom stereocenters. The van der Waals surface area contributed by atoms with Crippen LogP contribution in [0.5, 0.6) is 5.75 Å². The Hall–Kier alpha value is -2.18. The molecule has 0 aliphatic heterocycles. The van der Waals surface area contributed by atoms with Gasteiger partial charge in [-0.2, -0.15) is 8.42 Å². The average Bonchev–Trinajstić information content (AvgIpc) is 2.47. The van der Waals surface area contributed by atoms with Crippen molar-refractivity contribution in [3.63, 3.8) is 0 Å². The monoisotopic (exact) mass is 306 g/mol. The lowest BCUT2D eigenvalue weighted by Crippen LogP contribution is -2.10. The van der Waals surface area contributed by atoms with E-state index in [-0.39, 0.29) is 16.2 Å². The number of Topliss-reactive ketones (excluding diaryl/α,β-unsaturated/α-hetero) is 1. The first-order valence-electron chi connectivity index (χ1n) is 6.17. The molecule has 1 N–H and O–H groups in total. The molecular formula is C15H14O5S. The van der Waals surface area contributed by atoms with Gasteiger partial charge in [0.1, 0.15) is 17.3 Å². The zero-order valence-corrected chi connectivity index (χ0v) is 12.1. The van der Waals surface area contributed by atoms with E-state index in [9.17, 15) is 13.2 Å². The molecule has 0 radical (unpaired) electrons. The second-order valence-electron chi connectivity index (χ2n) is 4.46. The molecule has 0 atom stereocenters. The van der Waals surface area contributed by atoms with Gasteiger partial charge in [-0.25, -0.2) is 0 Å². The van der Waals surface area contributed by atoms with Crippen molar-refractivity contribution in [3.05, 3.63) is 59.7 Å². The number of hydrogen-bond acceptors (Lipinski definition) is 5. The first-order valence-corrected chi connectivity index (χ1v) is 7.58. The minimum Gasteiger partial charge on any atom is -0.388 e. The molecule has 0 bridgehead atoms. The van der Waals surface area contributed by atoms with E-state index in [1.807, 2.05) is 6.92 Å². The van der Waals surface area contributed by atoms with Crippen molar-refractivity contribution < 1.29 is 22.5 Å². The van der Waals surface area contributed by atoms with Crippen LogP contribution in [0.2, 0.25) is 0 Å². The molecule has 110 valence electrons. The average molecular weight is 306 g/mol. The molecule has 0 fully saturated rings. The van der Waals surface area contributed by atoms with Crippen molar-refractivity contribution in [1.29, 1.82) is 0 Å². The topological polar surface area (TPSA) is 80.7 Å². The molecule has 0 saturated carbocycles. The molecule has 2 rings (SSSR count). The maximum absolute atomic E-state index is 12.1. The van der Waals surface area contributed by atoms with Crippen molar-refractivity contribution in [3.8, 4) is 5.75 Å². The first-order chi connectivity index (χ1) is 9.92. The van der Waals surface area contributed by atoms with Crippen molar-refractivity contribution in [2.24, 2.45) is 0 Å². The number of ketones is 1. The van der Waals surface area contributed by atoms with Gasteiger partial charge < -0.3 is 9.29 Å². The summed E-state index contributed by atoms with van der Waals surface area (Å²) < 4.78 is 29.1. The highest BCUT2D eigenvalue weighted by molar-refractivity contribution is 7.87. The number of carbonyl (C=O) groups excluding carboxylic acids is 1. The van der Waals surface area contributed by atoms with Crippen LogP contribution in [0, 0.1) is 6.92 Å². The summed E-state index contributed by atoms with van der Waals surface area (Å²) in [5.74, 6) is -0.340. The number of aliphatic hydroxyl groups is 1. The number of rotatable bonds is 5. The fraction of sp³-hybridized carbons (Fsp3) is 0.133. The lowest BCUT2D eigenvalue weighted by atomic mass is 10.1. The van der Waals surface area contributed by atoms with Gasteiger partial charge in [0.25, 0.3) is 0 Å². The van der Waals surface area contributed by atoms with E-state index in [2.05, 4.69) is 0 Å². The molecule has 0 aliphatic carbocycles. The Balaban J connectivity index is 2.20. The maximum Gasteiger partial charge on any atom is 0.339 e. The quantitative estimate of drug-likeness (QED) is 0.674. The van der Waals surface area contributed by atoms with Crippen LogP contribution in [0.4, 0.5) is 0 Å². The van der Waals surface area contributed by atoms with E-state index in [1.54, 1.807) is 12.1 Å². The van der Waals surface area contributed by atoms with Crippen molar-refractivity contribution in [2.75, 3.05) is 6.61 Å². The summed E-state index contributed by atoms with van der Waals surface area (Å²) in [6.07, 6.45) is 0. The Morgan fingerprint density at radius 2 is 1.62 bits per heavy atom. The van der Waals surface area contributed by atoms with Crippen molar-refractivity contribution in [1.82, 2.24) is 0 Å². The van der Waals surface area contributed by atoms with Gasteiger partial charge in [0.15, 0.2) is 5.78 Å². The number of aryl methyl sites for hydroxylation is 1. The van der Waals surface area contributed by atoms with Crippen LogP contribution in [0.3, 0.4) is 0 Å². The Morgan fingerprint density at radius 3 is 2.14 bits per heavy atom. The van der Waals surface area contributed by atoms with E-state index in [4.69, 9.17) is 9.29 Å². The van der Waals surface area contributed by atoms with E-state index < -0.39 is 22.5 Å². The third kappa shape index (κ3) is 3.68. The lowest BCUT2D eigenvalue weighted by Gasteiger charge is -2.07. The van der Waals surface area contributed by atoms with E-state index in [0.29, 0.717) is 0 Å². The Kier molecular flexibility index (Phi) is 4.40. The van der Waals surface area contributed by atoms with Crippen LogP contribution in [0.25, 0.3) is 0 Å². The minimum atomic E-state index is -3.90. The third-order valence-electron chi connectivity index (χ3n) is 2.84. The zero-order valence-electron chi connectivity index (χ0n) is 11.3. The predicted molar refractivity (Wildman–Crippen MR) is 76.9 cm³/mol. The van der Waals surface area contributed by atoms with E-state index in [1.165, 1.54) is 36.4 Å². The summed E-state index contributed by atoms with van der Waals surface area (Å²) in [5, 5.41) is 8.74. The second kappa shape index (κ2) is 6.07. The van der Waals surface area contributed by atoms with Gasteiger partial charge in [-0.1, -0.05) is 17.7 Å². The molecule has 21 heavy (non-hydrogen) atoms. The van der Waals surface area contributed by atoms with Gasteiger partial charge >= 0.3 is 10.1 Å². The summed E-state index contributed by atoms with van der Waals surface area (Å²) >= 11 is 0. The largest absolute Gasteiger partial charge is 0.388 e. The number of benzene rings is 2. The molecule has 0 saturated heterocycles. The van der Waals surface area contributed by atoms with E-state index in [0.717, 1.165) is 5.56 Å². The predicted octanol–water partition coefficient (Wildman–Crippen LogP) is 1.94. The minimum absolute atomic E-state index is 0.0589. The first kappa shape index (κ1) is 15.2. The normalized spacial score (nSPS) is 11.1. The smallest absolute Gasteiger partial charge is 0.339 e. The molecule has 0 spiro atoms. The highest BCUT2D eigenvalue weighted by atomic mass is 32.2. The SMILES string of the molecule is Cc1ccc(S(=O)(=O)Oc2ccc(C(=O)CO)cc2)cc1. The van der Waals surface area contributed by atoms with Crippen LogP contribution >= 0.6 is 0 Å². The number of carbonyl (C=O) groups is 1. The van der Waals surface area contributed by atoms with Crippen LogP contribution < -0.4 is 4.18 Å². The molecule has 6 heteroatoms. The molecule has 0 heterocycles. The fourth-order valence-electron chi connectivity index (χ4n) is 1.67. The molecule has 2 aromatic rings. The van der Waals surface area contributed by atoms with Gasteiger partial charge in [-0.15, -0.1) is 0 Å². The second-order valence-corrected chi connectivity index (χ2v) is 6.00. The van der Waals surface area contributed by atoms with Crippen LogP contribution in [0.1, 0.15) is 15.9 Å². The number of aliphatic hydroxyl groups excluding tert-OH is 1. The van der Waals surface area contributed by atoms with Crippen LogP contribution in [0.15, 0.2) is 53.4 Å². The summed E-state index contributed by atoms with van der Waals surface area (Å²) in [6, 6.07) is 11.8. The highest BCUT2D eigenvalue weighted by Crippen LogP contribution is 2.19. The van der Waals surface area contributed by atoms with E-state index >= 15 is 0 Å². The molecule has 0 amide bonds.